The minimum Gasteiger partial charge on any atom is -0.339 e. The summed E-state index contributed by atoms with van der Waals surface area (Å²) < 4.78 is 14.3. The van der Waals surface area contributed by atoms with Gasteiger partial charge in [0.2, 0.25) is 0 Å². The maximum absolute atomic E-state index is 14.3. The summed E-state index contributed by atoms with van der Waals surface area (Å²) in [5, 5.41) is 3.24. The van der Waals surface area contributed by atoms with Gasteiger partial charge in [-0.05, 0) is 38.0 Å². The molecular formula is C16H22FN3OS. The van der Waals surface area contributed by atoms with Crippen molar-refractivity contribution in [1.29, 1.82) is 0 Å². The molecular weight excluding hydrogens is 301 g/mol. The van der Waals surface area contributed by atoms with E-state index in [9.17, 15) is 9.18 Å². The second kappa shape index (κ2) is 5.27. The first-order chi connectivity index (χ1) is 10.5. The molecule has 1 amide bonds. The fourth-order valence-electron chi connectivity index (χ4n) is 4.08. The normalized spacial score (nSPS) is 30.4. The van der Waals surface area contributed by atoms with E-state index in [-0.39, 0.29) is 5.91 Å². The number of aryl methyl sites for hydroxylation is 1. The number of alkyl halides is 1. The third kappa shape index (κ3) is 2.46. The number of aromatic nitrogens is 1. The van der Waals surface area contributed by atoms with Gasteiger partial charge in [0.25, 0.3) is 5.91 Å². The number of hydrogen-bond acceptors (Lipinski definition) is 4. The van der Waals surface area contributed by atoms with Crippen molar-refractivity contribution in [1.82, 2.24) is 14.8 Å². The van der Waals surface area contributed by atoms with Crippen molar-refractivity contribution < 1.29 is 9.18 Å². The van der Waals surface area contributed by atoms with Crippen LogP contribution >= 0.6 is 11.3 Å². The van der Waals surface area contributed by atoms with Crippen molar-refractivity contribution in [2.45, 2.75) is 38.4 Å². The smallest absolute Gasteiger partial charge is 0.260 e. The summed E-state index contributed by atoms with van der Waals surface area (Å²) in [6, 6.07) is 0. The van der Waals surface area contributed by atoms with E-state index in [1.807, 2.05) is 6.92 Å². The van der Waals surface area contributed by atoms with Gasteiger partial charge >= 0.3 is 0 Å². The van der Waals surface area contributed by atoms with Gasteiger partial charge < -0.3 is 4.90 Å². The van der Waals surface area contributed by atoms with Crippen LogP contribution in [0.25, 0.3) is 0 Å². The molecule has 2 atom stereocenters. The predicted molar refractivity (Wildman–Crippen MR) is 83.4 cm³/mol. The summed E-state index contributed by atoms with van der Waals surface area (Å²) in [5.74, 6) is 0.773. The van der Waals surface area contributed by atoms with Crippen LogP contribution < -0.4 is 0 Å². The zero-order valence-electron chi connectivity index (χ0n) is 12.9. The lowest BCUT2D eigenvalue weighted by molar-refractivity contribution is -0.149. The number of carbonyl (C=O) groups excluding carboxylic acids is 1. The molecule has 4 nitrogen and oxygen atoms in total. The predicted octanol–water partition coefficient (Wildman–Crippen LogP) is 2.23. The topological polar surface area (TPSA) is 36.4 Å². The average Bonchev–Trinajstić information content (AvgIpc) is 3.10. The molecule has 1 aromatic heterocycles. The molecule has 0 N–H and O–H groups in total. The number of hydrogen-bond donors (Lipinski definition) is 0. The van der Waals surface area contributed by atoms with Crippen molar-refractivity contribution in [3.05, 3.63) is 16.1 Å². The molecule has 3 heterocycles. The molecule has 0 unspecified atom stereocenters. The summed E-state index contributed by atoms with van der Waals surface area (Å²) in [7, 11) is 0. The first kappa shape index (κ1) is 14.6. The third-order valence-corrected chi connectivity index (χ3v) is 6.25. The van der Waals surface area contributed by atoms with E-state index in [0.717, 1.165) is 49.8 Å². The standard InChI is InChI=1S/C16H22FN3OS/c1-11-18-14(10-22-11)9-19-5-12-7-20(8-13(12)6-19)15(21)16(17)3-2-4-16/h10,12-13H,2-9H2,1H3/t12-,13-/m0/s1. The van der Waals surface area contributed by atoms with E-state index in [0.29, 0.717) is 24.7 Å². The van der Waals surface area contributed by atoms with E-state index in [4.69, 9.17) is 0 Å². The van der Waals surface area contributed by atoms with Gasteiger partial charge in [-0.2, -0.15) is 0 Å². The van der Waals surface area contributed by atoms with Crippen LogP contribution in [0, 0.1) is 18.8 Å². The minimum atomic E-state index is -1.53. The van der Waals surface area contributed by atoms with Gasteiger partial charge in [-0.15, -0.1) is 11.3 Å². The van der Waals surface area contributed by atoms with Crippen LogP contribution in [0.4, 0.5) is 4.39 Å². The molecule has 0 radical (unpaired) electrons. The number of amides is 1. The minimum absolute atomic E-state index is 0.241. The highest BCUT2D eigenvalue weighted by molar-refractivity contribution is 7.09. The van der Waals surface area contributed by atoms with E-state index in [1.54, 1.807) is 16.2 Å². The Morgan fingerprint density at radius 2 is 2.05 bits per heavy atom. The molecule has 2 aliphatic heterocycles. The van der Waals surface area contributed by atoms with Crippen molar-refractivity contribution in [3.8, 4) is 0 Å². The average molecular weight is 323 g/mol. The Bertz CT molecular complexity index is 572. The number of thiazole rings is 1. The molecule has 1 aliphatic carbocycles. The van der Waals surface area contributed by atoms with Crippen molar-refractivity contribution in [2.75, 3.05) is 26.2 Å². The molecule has 0 aromatic carbocycles. The lowest BCUT2D eigenvalue weighted by Gasteiger charge is -2.36. The zero-order chi connectivity index (χ0) is 15.3. The fourth-order valence-corrected chi connectivity index (χ4v) is 4.68. The lowest BCUT2D eigenvalue weighted by atomic mass is 9.81. The maximum atomic E-state index is 14.3. The Balaban J connectivity index is 1.33. The molecule has 22 heavy (non-hydrogen) atoms. The Hall–Kier alpha value is -1.01. The van der Waals surface area contributed by atoms with E-state index >= 15 is 0 Å². The number of carbonyl (C=O) groups is 1. The van der Waals surface area contributed by atoms with Crippen LogP contribution in [0.2, 0.25) is 0 Å². The number of halogens is 1. The number of likely N-dealkylation sites (tertiary alicyclic amines) is 2. The summed E-state index contributed by atoms with van der Waals surface area (Å²) in [5.41, 5.74) is -0.385. The molecule has 2 saturated heterocycles. The van der Waals surface area contributed by atoms with E-state index in [1.165, 1.54) is 0 Å². The third-order valence-electron chi connectivity index (χ3n) is 5.43. The maximum Gasteiger partial charge on any atom is 0.260 e. The number of fused-ring (bicyclic) bond motifs is 1. The highest BCUT2D eigenvalue weighted by Gasteiger charge is 2.50. The molecule has 120 valence electrons. The van der Waals surface area contributed by atoms with Gasteiger partial charge in [-0.25, -0.2) is 9.37 Å². The van der Waals surface area contributed by atoms with Gasteiger partial charge in [0.05, 0.1) is 10.7 Å². The summed E-state index contributed by atoms with van der Waals surface area (Å²) in [4.78, 5) is 21.0. The van der Waals surface area contributed by atoms with Crippen LogP contribution in [0.5, 0.6) is 0 Å². The molecule has 0 bridgehead atoms. The van der Waals surface area contributed by atoms with Crippen LogP contribution in [0.1, 0.15) is 30.0 Å². The quantitative estimate of drug-likeness (QED) is 0.856. The zero-order valence-corrected chi connectivity index (χ0v) is 13.7. The first-order valence-electron chi connectivity index (χ1n) is 8.15. The SMILES string of the molecule is Cc1nc(CN2C[C@H]3CN(C(=O)C4(F)CCC4)C[C@@H]3C2)cs1. The van der Waals surface area contributed by atoms with Crippen LogP contribution in [0.15, 0.2) is 5.38 Å². The van der Waals surface area contributed by atoms with E-state index < -0.39 is 5.67 Å². The number of rotatable bonds is 3. The molecule has 3 aliphatic rings. The largest absolute Gasteiger partial charge is 0.339 e. The van der Waals surface area contributed by atoms with Gasteiger partial charge in [-0.3, -0.25) is 9.69 Å². The molecule has 0 spiro atoms. The van der Waals surface area contributed by atoms with Crippen LogP contribution in [-0.2, 0) is 11.3 Å². The van der Waals surface area contributed by atoms with Gasteiger partial charge in [0.15, 0.2) is 5.67 Å². The second-order valence-corrected chi connectivity index (χ2v) is 8.16. The lowest BCUT2D eigenvalue weighted by Crippen LogP contribution is -2.50. The first-order valence-corrected chi connectivity index (χ1v) is 9.03. The molecule has 3 fully saturated rings. The van der Waals surface area contributed by atoms with Crippen molar-refractivity contribution >= 4 is 17.2 Å². The Kier molecular flexibility index (Phi) is 3.49. The van der Waals surface area contributed by atoms with E-state index in [2.05, 4.69) is 15.3 Å². The highest BCUT2D eigenvalue weighted by atomic mass is 32.1. The molecule has 4 rings (SSSR count). The monoisotopic (exact) mass is 323 g/mol. The van der Waals surface area contributed by atoms with Gasteiger partial charge in [0, 0.05) is 38.1 Å². The molecule has 1 aromatic rings. The Morgan fingerprint density at radius 3 is 2.55 bits per heavy atom. The van der Waals surface area contributed by atoms with Crippen molar-refractivity contribution in [2.24, 2.45) is 11.8 Å². The molecule has 1 saturated carbocycles. The van der Waals surface area contributed by atoms with Crippen molar-refractivity contribution in [3.63, 3.8) is 0 Å². The Labute approximate surface area is 134 Å². The van der Waals surface area contributed by atoms with Crippen LogP contribution in [0.3, 0.4) is 0 Å². The summed E-state index contributed by atoms with van der Waals surface area (Å²) in [6.07, 6.45) is 1.70. The van der Waals surface area contributed by atoms with Crippen LogP contribution in [-0.4, -0.2) is 52.5 Å². The Morgan fingerprint density at radius 1 is 1.36 bits per heavy atom. The fraction of sp³-hybridized carbons (Fsp3) is 0.750. The summed E-state index contributed by atoms with van der Waals surface area (Å²) in [6.45, 7) is 6.42. The number of nitrogens with zero attached hydrogens (tertiary/aromatic N) is 3. The summed E-state index contributed by atoms with van der Waals surface area (Å²) >= 11 is 1.69. The molecule has 6 heteroatoms. The van der Waals surface area contributed by atoms with Gasteiger partial charge in [0.1, 0.15) is 0 Å². The highest BCUT2D eigenvalue weighted by Crippen LogP contribution is 2.40. The van der Waals surface area contributed by atoms with Gasteiger partial charge in [-0.1, -0.05) is 0 Å². The second-order valence-electron chi connectivity index (χ2n) is 7.10.